The van der Waals surface area contributed by atoms with Crippen LogP contribution in [0.3, 0.4) is 0 Å². The fourth-order valence-corrected chi connectivity index (χ4v) is 2.49. The lowest BCUT2D eigenvalue weighted by atomic mass is 10.1. The van der Waals surface area contributed by atoms with Gasteiger partial charge in [0.2, 0.25) is 0 Å². The largest absolute Gasteiger partial charge is 0.573 e. The van der Waals surface area contributed by atoms with Crippen LogP contribution in [0.5, 0.6) is 10.9 Å². The summed E-state index contributed by atoms with van der Waals surface area (Å²) in [6.45, 7) is -0.307. The highest BCUT2D eigenvalue weighted by Crippen LogP contribution is 2.31. The van der Waals surface area contributed by atoms with Crippen LogP contribution in [0.4, 0.5) is 13.2 Å². The fraction of sp³-hybridized carbons (Fsp3) is 0.231. The van der Waals surface area contributed by atoms with E-state index in [2.05, 4.69) is 20.1 Å². The van der Waals surface area contributed by atoms with Gasteiger partial charge in [-0.25, -0.2) is 9.78 Å². The summed E-state index contributed by atoms with van der Waals surface area (Å²) in [4.78, 5) is 15.9. The molecular formula is C13H10F3N5O3S. The van der Waals surface area contributed by atoms with Crippen molar-refractivity contribution in [1.29, 1.82) is 0 Å². The maximum atomic E-state index is 12.7. The molecule has 0 aliphatic heterocycles. The van der Waals surface area contributed by atoms with Crippen LogP contribution in [0.25, 0.3) is 5.69 Å². The number of halogens is 3. The van der Waals surface area contributed by atoms with Crippen molar-refractivity contribution in [2.75, 3.05) is 0 Å². The van der Waals surface area contributed by atoms with Gasteiger partial charge in [-0.3, -0.25) is 0 Å². The Bertz CT molecular complexity index is 920. The first-order chi connectivity index (χ1) is 11.8. The van der Waals surface area contributed by atoms with Crippen molar-refractivity contribution in [3.05, 3.63) is 45.8 Å². The molecule has 0 unspecified atom stereocenters. The van der Waals surface area contributed by atoms with Crippen LogP contribution < -0.4 is 15.2 Å². The molecular weight excluding hydrogens is 363 g/mol. The SMILES string of the molecule is Cn1nnn(-c2cccc(OC(F)(F)F)c2COc2nccs2)c1=O. The minimum Gasteiger partial charge on any atom is -0.465 e. The number of thiazole rings is 1. The number of hydrogen-bond donors (Lipinski definition) is 0. The first kappa shape index (κ1) is 17.0. The molecule has 25 heavy (non-hydrogen) atoms. The van der Waals surface area contributed by atoms with Gasteiger partial charge in [-0.05, 0) is 22.6 Å². The summed E-state index contributed by atoms with van der Waals surface area (Å²) in [5.74, 6) is -0.501. The molecule has 0 saturated heterocycles. The Morgan fingerprint density at radius 2 is 2.08 bits per heavy atom. The third-order valence-electron chi connectivity index (χ3n) is 3.03. The minimum absolute atomic E-state index is 0.0161. The van der Waals surface area contributed by atoms with Gasteiger partial charge in [-0.1, -0.05) is 17.4 Å². The summed E-state index contributed by atoms with van der Waals surface area (Å²) in [6.07, 6.45) is -3.41. The minimum atomic E-state index is -4.90. The zero-order chi connectivity index (χ0) is 18.0. The molecule has 0 aliphatic carbocycles. The summed E-state index contributed by atoms with van der Waals surface area (Å²) in [6, 6.07) is 3.85. The van der Waals surface area contributed by atoms with E-state index in [-0.39, 0.29) is 23.1 Å². The molecule has 132 valence electrons. The molecule has 0 atom stereocenters. The second kappa shape index (κ2) is 6.55. The molecule has 8 nitrogen and oxygen atoms in total. The van der Waals surface area contributed by atoms with Crippen molar-refractivity contribution < 1.29 is 22.6 Å². The van der Waals surface area contributed by atoms with E-state index in [0.717, 1.165) is 15.4 Å². The van der Waals surface area contributed by atoms with Crippen molar-refractivity contribution in [3.8, 4) is 16.6 Å². The van der Waals surface area contributed by atoms with Crippen molar-refractivity contribution in [3.63, 3.8) is 0 Å². The number of ether oxygens (including phenoxy) is 2. The molecule has 0 fully saturated rings. The highest BCUT2D eigenvalue weighted by molar-refractivity contribution is 7.11. The van der Waals surface area contributed by atoms with E-state index in [9.17, 15) is 18.0 Å². The molecule has 0 bridgehead atoms. The predicted octanol–water partition coefficient (Wildman–Crippen LogP) is 1.90. The monoisotopic (exact) mass is 373 g/mol. The van der Waals surface area contributed by atoms with Gasteiger partial charge in [-0.2, -0.15) is 9.36 Å². The zero-order valence-electron chi connectivity index (χ0n) is 12.6. The number of hydrogen-bond acceptors (Lipinski definition) is 7. The Hall–Kier alpha value is -2.89. The predicted molar refractivity (Wildman–Crippen MR) is 79.7 cm³/mol. The zero-order valence-corrected chi connectivity index (χ0v) is 13.4. The van der Waals surface area contributed by atoms with Gasteiger partial charge in [0, 0.05) is 18.6 Å². The average Bonchev–Trinajstić information content (AvgIpc) is 3.16. The highest BCUT2D eigenvalue weighted by Gasteiger charge is 2.33. The lowest BCUT2D eigenvalue weighted by Crippen LogP contribution is -2.24. The van der Waals surface area contributed by atoms with Crippen LogP contribution in [0.1, 0.15) is 5.56 Å². The van der Waals surface area contributed by atoms with Gasteiger partial charge in [0.25, 0.3) is 5.19 Å². The van der Waals surface area contributed by atoms with Crippen LogP contribution in [0.2, 0.25) is 0 Å². The smallest absolute Gasteiger partial charge is 0.465 e. The van der Waals surface area contributed by atoms with Crippen LogP contribution in [-0.4, -0.2) is 31.1 Å². The third-order valence-corrected chi connectivity index (χ3v) is 3.72. The quantitative estimate of drug-likeness (QED) is 0.679. The Morgan fingerprint density at radius 3 is 2.68 bits per heavy atom. The first-order valence-electron chi connectivity index (χ1n) is 6.74. The Kier molecular flexibility index (Phi) is 4.44. The number of benzene rings is 1. The molecule has 3 aromatic rings. The van der Waals surface area contributed by atoms with E-state index in [4.69, 9.17) is 4.74 Å². The normalized spacial score (nSPS) is 11.5. The van der Waals surface area contributed by atoms with Crippen molar-refractivity contribution in [1.82, 2.24) is 24.8 Å². The number of rotatable bonds is 5. The molecule has 0 saturated carbocycles. The lowest BCUT2D eigenvalue weighted by molar-refractivity contribution is -0.275. The molecule has 2 heterocycles. The van der Waals surface area contributed by atoms with E-state index in [0.29, 0.717) is 0 Å². The number of tetrazole rings is 1. The second-order valence-electron chi connectivity index (χ2n) is 4.69. The molecule has 12 heteroatoms. The van der Waals surface area contributed by atoms with Crippen molar-refractivity contribution >= 4 is 11.3 Å². The Morgan fingerprint density at radius 1 is 1.28 bits per heavy atom. The summed E-state index contributed by atoms with van der Waals surface area (Å²) in [5, 5.41) is 9.11. The van der Waals surface area contributed by atoms with Crippen LogP contribution in [0.15, 0.2) is 34.6 Å². The van der Waals surface area contributed by atoms with Gasteiger partial charge < -0.3 is 9.47 Å². The van der Waals surface area contributed by atoms with Crippen LogP contribution in [0, 0.1) is 0 Å². The van der Waals surface area contributed by atoms with Gasteiger partial charge in [0.1, 0.15) is 12.4 Å². The maximum Gasteiger partial charge on any atom is 0.573 e. The van der Waals surface area contributed by atoms with Crippen molar-refractivity contribution in [2.24, 2.45) is 7.05 Å². The van der Waals surface area contributed by atoms with Crippen LogP contribution >= 0.6 is 11.3 Å². The summed E-state index contributed by atoms with van der Waals surface area (Å²) >= 11 is 1.17. The van der Waals surface area contributed by atoms with E-state index in [1.54, 1.807) is 5.38 Å². The fourth-order valence-electron chi connectivity index (χ4n) is 2.00. The highest BCUT2D eigenvalue weighted by atomic mass is 32.1. The van der Waals surface area contributed by atoms with Gasteiger partial charge in [-0.15, -0.1) is 13.2 Å². The number of aromatic nitrogens is 5. The third kappa shape index (κ3) is 3.79. The summed E-state index contributed by atoms with van der Waals surface area (Å²) in [5.41, 5.74) is -0.575. The van der Waals surface area contributed by atoms with E-state index in [1.165, 1.54) is 36.7 Å². The van der Waals surface area contributed by atoms with Gasteiger partial charge in [0.05, 0.1) is 11.3 Å². The van der Waals surface area contributed by atoms with Crippen LogP contribution in [-0.2, 0) is 13.7 Å². The number of alkyl halides is 3. The molecule has 0 aliphatic rings. The molecule has 0 amide bonds. The molecule has 2 aromatic heterocycles. The summed E-state index contributed by atoms with van der Waals surface area (Å²) in [7, 11) is 1.37. The second-order valence-corrected chi connectivity index (χ2v) is 5.54. The molecule has 0 spiro atoms. The van der Waals surface area contributed by atoms with E-state index < -0.39 is 17.8 Å². The lowest BCUT2D eigenvalue weighted by Gasteiger charge is -2.16. The summed E-state index contributed by atoms with van der Waals surface area (Å²) < 4.78 is 49.3. The number of nitrogens with zero attached hydrogens (tertiary/aromatic N) is 5. The van der Waals surface area contributed by atoms with E-state index >= 15 is 0 Å². The van der Waals surface area contributed by atoms with Crippen molar-refractivity contribution in [2.45, 2.75) is 13.0 Å². The van der Waals surface area contributed by atoms with E-state index in [1.807, 2.05) is 0 Å². The maximum absolute atomic E-state index is 12.7. The standard InChI is InChI=1S/C13H10F3N5O3S/c1-20-12(22)21(19-18-20)9-3-2-4-10(24-13(14,15)16)8(9)7-23-11-17-5-6-25-11/h2-6H,7H2,1H3. The Labute approximate surface area is 142 Å². The van der Waals surface area contributed by atoms with Gasteiger partial charge >= 0.3 is 12.1 Å². The molecule has 0 N–H and O–H groups in total. The molecule has 0 radical (unpaired) electrons. The molecule has 1 aromatic carbocycles. The molecule has 3 rings (SSSR count). The number of aryl methyl sites for hydroxylation is 1. The van der Waals surface area contributed by atoms with Gasteiger partial charge in [0.15, 0.2) is 0 Å². The first-order valence-corrected chi connectivity index (χ1v) is 7.62. The average molecular weight is 373 g/mol. The topological polar surface area (TPSA) is 84.1 Å². The Balaban J connectivity index is 2.05.